The first-order valence-corrected chi connectivity index (χ1v) is 9.41. The van der Waals surface area contributed by atoms with E-state index in [0.717, 1.165) is 5.56 Å². The Labute approximate surface area is 159 Å². The fourth-order valence-corrected chi connectivity index (χ4v) is 5.36. The van der Waals surface area contributed by atoms with Gasteiger partial charge in [-0.15, -0.1) is 11.8 Å². The van der Waals surface area contributed by atoms with Crippen LogP contribution in [0.1, 0.15) is 35.1 Å². The minimum absolute atomic E-state index is 0.0645. The molecule has 0 radical (unpaired) electrons. The fraction of sp³-hybridized carbons (Fsp3) is 0.263. The van der Waals surface area contributed by atoms with Gasteiger partial charge in [0.25, 0.3) is 5.91 Å². The molecule has 134 valence electrons. The van der Waals surface area contributed by atoms with Crippen LogP contribution in [0.15, 0.2) is 42.5 Å². The normalized spacial score (nSPS) is 22.9. The van der Waals surface area contributed by atoms with Gasteiger partial charge in [-0.1, -0.05) is 29.8 Å². The Morgan fingerprint density at radius 3 is 2.73 bits per heavy atom. The molecule has 0 saturated carbocycles. The number of carbonyl (C=O) groups excluding carboxylic acids is 2. The zero-order chi connectivity index (χ0) is 18.6. The second-order valence-electron chi connectivity index (χ2n) is 6.89. The predicted molar refractivity (Wildman–Crippen MR) is 101 cm³/mol. The lowest BCUT2D eigenvalue weighted by Crippen LogP contribution is -2.50. The first kappa shape index (κ1) is 17.4. The zero-order valence-corrected chi connectivity index (χ0v) is 15.7. The van der Waals surface area contributed by atoms with Crippen molar-refractivity contribution in [3.05, 3.63) is 64.4 Å². The number of nitrogens with one attached hydrogen (secondary N) is 1. The van der Waals surface area contributed by atoms with Gasteiger partial charge in [-0.05, 0) is 43.7 Å². The number of amides is 2. The third-order valence-electron chi connectivity index (χ3n) is 4.73. The van der Waals surface area contributed by atoms with Crippen LogP contribution in [0.25, 0.3) is 0 Å². The van der Waals surface area contributed by atoms with E-state index >= 15 is 0 Å². The maximum Gasteiger partial charge on any atom is 0.256 e. The standard InChI is InChI=1S/C19H16ClFN2O2S/c1-19(2)15(16(24)22-10-7-8-14(21)13(20)9-10)23-17(25)11-5-3-4-6-12(11)18(23)26-19/h3-9,15,18H,1-2H3,(H,22,24)/t15-,18+/m1/s1. The summed E-state index contributed by atoms with van der Waals surface area (Å²) >= 11 is 7.39. The van der Waals surface area contributed by atoms with E-state index in [2.05, 4.69) is 5.32 Å². The van der Waals surface area contributed by atoms with Gasteiger partial charge in [0.1, 0.15) is 17.2 Å². The number of carbonyl (C=O) groups is 2. The Kier molecular flexibility index (Phi) is 4.00. The SMILES string of the molecule is CC1(C)S[C@H]2c3ccccc3C(=O)N2[C@@H]1C(=O)Nc1ccc(F)c(Cl)c1. The molecule has 1 fully saturated rings. The quantitative estimate of drug-likeness (QED) is 0.823. The fourth-order valence-electron chi connectivity index (χ4n) is 3.59. The minimum Gasteiger partial charge on any atom is -0.324 e. The van der Waals surface area contributed by atoms with Crippen LogP contribution in [0.4, 0.5) is 10.1 Å². The highest BCUT2D eigenvalue weighted by atomic mass is 35.5. The molecule has 2 atom stereocenters. The summed E-state index contributed by atoms with van der Waals surface area (Å²) in [5.74, 6) is -0.999. The monoisotopic (exact) mass is 390 g/mol. The van der Waals surface area contributed by atoms with Crippen LogP contribution >= 0.6 is 23.4 Å². The van der Waals surface area contributed by atoms with Gasteiger partial charge in [0.05, 0.1) is 5.02 Å². The van der Waals surface area contributed by atoms with Crippen LogP contribution in [0.5, 0.6) is 0 Å². The summed E-state index contributed by atoms with van der Waals surface area (Å²) in [6.45, 7) is 3.90. The molecule has 4 rings (SSSR count). The summed E-state index contributed by atoms with van der Waals surface area (Å²) in [7, 11) is 0. The van der Waals surface area contributed by atoms with Crippen LogP contribution in [0, 0.1) is 5.82 Å². The highest BCUT2D eigenvalue weighted by Crippen LogP contribution is 2.56. The van der Waals surface area contributed by atoms with Crippen molar-refractivity contribution in [2.45, 2.75) is 30.0 Å². The van der Waals surface area contributed by atoms with E-state index in [-0.39, 0.29) is 22.2 Å². The second kappa shape index (κ2) is 5.99. The number of hydrogen-bond donors (Lipinski definition) is 1. The first-order valence-electron chi connectivity index (χ1n) is 8.15. The van der Waals surface area contributed by atoms with Crippen LogP contribution in [0.3, 0.4) is 0 Å². The van der Waals surface area contributed by atoms with Crippen molar-refractivity contribution in [3.63, 3.8) is 0 Å². The Morgan fingerprint density at radius 2 is 2.00 bits per heavy atom. The van der Waals surface area contributed by atoms with E-state index in [4.69, 9.17) is 11.6 Å². The number of nitrogens with zero attached hydrogens (tertiary/aromatic N) is 1. The van der Waals surface area contributed by atoms with Gasteiger partial charge in [0, 0.05) is 16.0 Å². The number of hydrogen-bond acceptors (Lipinski definition) is 3. The first-order chi connectivity index (χ1) is 12.3. The largest absolute Gasteiger partial charge is 0.324 e. The molecule has 2 heterocycles. The topological polar surface area (TPSA) is 49.4 Å². The molecule has 2 amide bonds. The smallest absolute Gasteiger partial charge is 0.256 e. The molecule has 2 aromatic carbocycles. The molecule has 7 heteroatoms. The summed E-state index contributed by atoms with van der Waals surface area (Å²) in [6.07, 6.45) is 0. The van der Waals surface area contributed by atoms with Crippen LogP contribution in [0.2, 0.25) is 5.02 Å². The maximum absolute atomic E-state index is 13.3. The van der Waals surface area contributed by atoms with Gasteiger partial charge < -0.3 is 10.2 Å². The Balaban J connectivity index is 1.66. The van der Waals surface area contributed by atoms with Gasteiger partial charge in [-0.25, -0.2) is 4.39 Å². The summed E-state index contributed by atoms with van der Waals surface area (Å²) in [4.78, 5) is 27.6. The molecule has 0 aliphatic carbocycles. The average Bonchev–Trinajstić information content (AvgIpc) is 3.01. The van der Waals surface area contributed by atoms with Gasteiger partial charge in [-0.2, -0.15) is 0 Å². The summed E-state index contributed by atoms with van der Waals surface area (Å²) in [5, 5.41) is 2.53. The average molecular weight is 391 g/mol. The molecule has 0 unspecified atom stereocenters. The molecule has 4 nitrogen and oxygen atoms in total. The van der Waals surface area contributed by atoms with Crippen molar-refractivity contribution < 1.29 is 14.0 Å². The van der Waals surface area contributed by atoms with Gasteiger partial charge >= 0.3 is 0 Å². The van der Waals surface area contributed by atoms with E-state index in [1.165, 1.54) is 18.2 Å². The Bertz CT molecular complexity index is 934. The zero-order valence-electron chi connectivity index (χ0n) is 14.1. The van der Waals surface area contributed by atoms with E-state index in [0.29, 0.717) is 11.3 Å². The number of anilines is 1. The summed E-state index contributed by atoms with van der Waals surface area (Å²) in [6, 6.07) is 10.8. The predicted octanol–water partition coefficient (Wildman–Crippen LogP) is 4.47. The third-order valence-corrected chi connectivity index (χ3v) is 6.56. The van der Waals surface area contributed by atoms with Crippen LogP contribution < -0.4 is 5.32 Å². The number of thioether (sulfide) groups is 1. The lowest BCUT2D eigenvalue weighted by Gasteiger charge is -2.29. The van der Waals surface area contributed by atoms with Crippen molar-refractivity contribution in [3.8, 4) is 0 Å². The summed E-state index contributed by atoms with van der Waals surface area (Å²) < 4.78 is 12.9. The van der Waals surface area contributed by atoms with Crippen LogP contribution in [-0.4, -0.2) is 27.5 Å². The highest BCUT2D eigenvalue weighted by Gasteiger charge is 2.57. The molecule has 1 saturated heterocycles. The Morgan fingerprint density at radius 1 is 1.27 bits per heavy atom. The van der Waals surface area contributed by atoms with Crippen molar-refractivity contribution in [2.24, 2.45) is 0 Å². The number of rotatable bonds is 2. The van der Waals surface area contributed by atoms with E-state index in [1.54, 1.807) is 22.7 Å². The molecule has 0 bridgehead atoms. The van der Waals surface area contributed by atoms with Crippen molar-refractivity contribution >= 4 is 40.9 Å². The lowest BCUT2D eigenvalue weighted by molar-refractivity contribution is -0.121. The molecule has 0 aromatic heterocycles. The molecule has 2 aromatic rings. The van der Waals surface area contributed by atoms with Gasteiger partial charge in [0.15, 0.2) is 0 Å². The van der Waals surface area contributed by atoms with Crippen molar-refractivity contribution in [1.82, 2.24) is 4.90 Å². The van der Waals surface area contributed by atoms with E-state index in [9.17, 15) is 14.0 Å². The number of benzene rings is 2. The van der Waals surface area contributed by atoms with E-state index in [1.807, 2.05) is 32.0 Å². The molecule has 26 heavy (non-hydrogen) atoms. The molecule has 2 aliphatic rings. The number of halogens is 2. The summed E-state index contributed by atoms with van der Waals surface area (Å²) in [5.41, 5.74) is 1.98. The second-order valence-corrected chi connectivity index (χ2v) is 9.04. The molecule has 0 spiro atoms. The Hall–Kier alpha value is -2.05. The third kappa shape index (κ3) is 2.59. The van der Waals surface area contributed by atoms with Crippen LogP contribution in [-0.2, 0) is 4.79 Å². The van der Waals surface area contributed by atoms with Gasteiger partial charge in [-0.3, -0.25) is 9.59 Å². The minimum atomic E-state index is -0.652. The molecule has 2 aliphatic heterocycles. The van der Waals surface area contributed by atoms with Gasteiger partial charge in [0.2, 0.25) is 5.91 Å². The maximum atomic E-state index is 13.3. The van der Waals surface area contributed by atoms with E-state index < -0.39 is 16.6 Å². The molecular weight excluding hydrogens is 375 g/mol. The number of fused-ring (bicyclic) bond motifs is 3. The lowest BCUT2D eigenvalue weighted by atomic mass is 10.0. The highest BCUT2D eigenvalue weighted by molar-refractivity contribution is 8.01. The molecular formula is C19H16ClFN2O2S. The van der Waals surface area contributed by atoms with Crippen molar-refractivity contribution in [1.29, 1.82) is 0 Å². The van der Waals surface area contributed by atoms with Crippen molar-refractivity contribution in [2.75, 3.05) is 5.32 Å². The molecule has 1 N–H and O–H groups in total.